The Kier molecular flexibility index (Phi) is 5.69. The molecule has 21 heavy (non-hydrogen) atoms. The lowest BCUT2D eigenvalue weighted by Gasteiger charge is -2.11. The molecule has 0 aliphatic heterocycles. The average molecular weight is 281 g/mol. The summed E-state index contributed by atoms with van der Waals surface area (Å²) in [6.45, 7) is 1.80. The van der Waals surface area contributed by atoms with Crippen LogP contribution in [0.4, 0.5) is 0 Å². The summed E-state index contributed by atoms with van der Waals surface area (Å²) in [5, 5.41) is 3.40. The number of hydrogen-bond donors (Lipinski definition) is 1. The Morgan fingerprint density at radius 3 is 2.52 bits per heavy atom. The van der Waals surface area contributed by atoms with Crippen molar-refractivity contribution in [2.24, 2.45) is 0 Å². The van der Waals surface area contributed by atoms with Crippen LogP contribution in [-0.4, -0.2) is 13.7 Å². The molecule has 0 atom stereocenters. The normalized spacial score (nSPS) is 9.90. The smallest absolute Gasteiger partial charge is 0.148 e. The molecule has 0 saturated heterocycles. The number of rotatable bonds is 7. The first-order valence-electron chi connectivity index (χ1n) is 6.81. The highest BCUT2D eigenvalue weighted by Gasteiger charge is 2.02. The second kappa shape index (κ2) is 7.98. The number of benzene rings is 2. The molecular formula is C18H19NO2. The maximum Gasteiger partial charge on any atom is 0.148 e. The summed E-state index contributed by atoms with van der Waals surface area (Å²) in [7, 11) is 1.67. The van der Waals surface area contributed by atoms with Crippen molar-refractivity contribution in [1.82, 2.24) is 5.32 Å². The zero-order valence-corrected chi connectivity index (χ0v) is 12.1. The van der Waals surface area contributed by atoms with E-state index in [1.54, 1.807) is 7.11 Å². The predicted octanol–water partition coefficient (Wildman–Crippen LogP) is 3.00. The summed E-state index contributed by atoms with van der Waals surface area (Å²) in [5.74, 6) is 4.18. The van der Waals surface area contributed by atoms with Gasteiger partial charge in [-0.1, -0.05) is 36.3 Å². The van der Waals surface area contributed by atoms with Crippen LogP contribution in [0.15, 0.2) is 48.5 Å². The predicted molar refractivity (Wildman–Crippen MR) is 84.3 cm³/mol. The Hall–Kier alpha value is -2.44. The van der Waals surface area contributed by atoms with Crippen molar-refractivity contribution >= 4 is 0 Å². The molecule has 2 aromatic rings. The minimum atomic E-state index is 0.287. The maximum atomic E-state index is 5.53. The molecule has 0 bridgehead atoms. The summed E-state index contributed by atoms with van der Waals surface area (Å²) in [4.78, 5) is 0. The molecular weight excluding hydrogens is 262 g/mol. The highest BCUT2D eigenvalue weighted by Crippen LogP contribution is 2.18. The molecule has 3 nitrogen and oxygen atoms in total. The van der Waals surface area contributed by atoms with Gasteiger partial charge in [-0.15, -0.1) is 6.42 Å². The van der Waals surface area contributed by atoms with E-state index in [2.05, 4.69) is 11.2 Å². The number of nitrogens with one attached hydrogen (secondary N) is 1. The Labute approximate surface area is 125 Å². The molecule has 0 heterocycles. The highest BCUT2D eigenvalue weighted by atomic mass is 16.5. The highest BCUT2D eigenvalue weighted by molar-refractivity contribution is 5.33. The molecule has 2 rings (SSSR count). The fraction of sp³-hybridized carbons (Fsp3) is 0.222. The lowest BCUT2D eigenvalue weighted by atomic mass is 10.2. The molecule has 1 N–H and O–H groups in total. The molecule has 0 radical (unpaired) electrons. The number of hydrogen-bond acceptors (Lipinski definition) is 3. The van der Waals surface area contributed by atoms with Gasteiger partial charge >= 0.3 is 0 Å². The van der Waals surface area contributed by atoms with Crippen LogP contribution in [0.1, 0.15) is 11.1 Å². The monoisotopic (exact) mass is 281 g/mol. The molecule has 108 valence electrons. The van der Waals surface area contributed by atoms with E-state index in [0.717, 1.165) is 30.2 Å². The summed E-state index contributed by atoms with van der Waals surface area (Å²) >= 11 is 0. The summed E-state index contributed by atoms with van der Waals surface area (Å²) in [6, 6.07) is 15.9. The van der Waals surface area contributed by atoms with Crippen LogP contribution in [-0.2, 0) is 13.1 Å². The molecule has 2 aromatic carbocycles. The van der Waals surface area contributed by atoms with Gasteiger partial charge in [0.25, 0.3) is 0 Å². The van der Waals surface area contributed by atoms with E-state index >= 15 is 0 Å². The van der Waals surface area contributed by atoms with Crippen molar-refractivity contribution in [3.63, 3.8) is 0 Å². The number of ether oxygens (including phenoxy) is 2. The third kappa shape index (κ3) is 4.55. The molecule has 0 fully saturated rings. The molecule has 0 amide bonds. The van der Waals surface area contributed by atoms with Crippen LogP contribution in [0.5, 0.6) is 11.5 Å². The van der Waals surface area contributed by atoms with Gasteiger partial charge in [-0.2, -0.15) is 0 Å². The van der Waals surface area contributed by atoms with Gasteiger partial charge in [-0.05, 0) is 23.8 Å². The largest absolute Gasteiger partial charge is 0.497 e. The zero-order valence-electron chi connectivity index (χ0n) is 12.1. The van der Waals surface area contributed by atoms with Crippen LogP contribution in [0, 0.1) is 12.3 Å². The second-order valence-corrected chi connectivity index (χ2v) is 4.55. The first-order valence-corrected chi connectivity index (χ1v) is 6.81. The van der Waals surface area contributed by atoms with Crippen molar-refractivity contribution in [2.75, 3.05) is 13.7 Å². The van der Waals surface area contributed by atoms with E-state index in [4.69, 9.17) is 15.9 Å². The Morgan fingerprint density at radius 1 is 1.05 bits per heavy atom. The Balaban J connectivity index is 1.89. The second-order valence-electron chi connectivity index (χ2n) is 4.55. The molecule has 0 aliphatic carbocycles. The van der Waals surface area contributed by atoms with Crippen LogP contribution in [0.2, 0.25) is 0 Å². The van der Waals surface area contributed by atoms with Gasteiger partial charge in [0.2, 0.25) is 0 Å². The van der Waals surface area contributed by atoms with Gasteiger partial charge in [0, 0.05) is 18.7 Å². The fourth-order valence-electron chi connectivity index (χ4n) is 1.99. The van der Waals surface area contributed by atoms with Crippen LogP contribution < -0.4 is 14.8 Å². The number of methoxy groups -OCH3 is 1. The average Bonchev–Trinajstić information content (AvgIpc) is 2.54. The third-order valence-electron chi connectivity index (χ3n) is 3.09. The zero-order chi connectivity index (χ0) is 14.9. The molecule has 0 aliphatic rings. The van der Waals surface area contributed by atoms with E-state index < -0.39 is 0 Å². The lowest BCUT2D eigenvalue weighted by molar-refractivity contribution is 0.365. The van der Waals surface area contributed by atoms with Crippen LogP contribution in [0.25, 0.3) is 0 Å². The summed E-state index contributed by atoms with van der Waals surface area (Å²) < 4.78 is 10.7. The molecule has 0 saturated carbocycles. The van der Waals surface area contributed by atoms with Crippen molar-refractivity contribution in [1.29, 1.82) is 0 Å². The quantitative estimate of drug-likeness (QED) is 0.791. The fourth-order valence-corrected chi connectivity index (χ4v) is 1.99. The van der Waals surface area contributed by atoms with E-state index in [1.807, 2.05) is 48.5 Å². The number of terminal acetylenes is 1. The molecule has 3 heteroatoms. The lowest BCUT2D eigenvalue weighted by Crippen LogP contribution is -2.13. The van der Waals surface area contributed by atoms with Gasteiger partial charge in [0.1, 0.15) is 18.1 Å². The van der Waals surface area contributed by atoms with Crippen molar-refractivity contribution in [2.45, 2.75) is 13.1 Å². The van der Waals surface area contributed by atoms with E-state index in [0.29, 0.717) is 0 Å². The number of para-hydroxylation sites is 1. The Morgan fingerprint density at radius 2 is 1.81 bits per heavy atom. The minimum Gasteiger partial charge on any atom is -0.497 e. The first kappa shape index (κ1) is 15.0. The summed E-state index contributed by atoms with van der Waals surface area (Å²) in [5.41, 5.74) is 2.30. The van der Waals surface area contributed by atoms with Crippen molar-refractivity contribution < 1.29 is 9.47 Å². The topological polar surface area (TPSA) is 30.5 Å². The van der Waals surface area contributed by atoms with E-state index in [1.165, 1.54) is 5.56 Å². The first-order chi connectivity index (χ1) is 10.3. The molecule has 0 spiro atoms. The van der Waals surface area contributed by atoms with Gasteiger partial charge in [0.15, 0.2) is 0 Å². The van der Waals surface area contributed by atoms with Crippen LogP contribution in [0.3, 0.4) is 0 Å². The van der Waals surface area contributed by atoms with Gasteiger partial charge in [-0.25, -0.2) is 0 Å². The van der Waals surface area contributed by atoms with Gasteiger partial charge in [0.05, 0.1) is 7.11 Å². The van der Waals surface area contributed by atoms with Crippen LogP contribution >= 0.6 is 0 Å². The van der Waals surface area contributed by atoms with Crippen molar-refractivity contribution in [3.8, 4) is 23.8 Å². The van der Waals surface area contributed by atoms with Gasteiger partial charge in [-0.3, -0.25) is 0 Å². The maximum absolute atomic E-state index is 5.53. The molecule has 0 aromatic heterocycles. The van der Waals surface area contributed by atoms with Crippen molar-refractivity contribution in [3.05, 3.63) is 59.7 Å². The summed E-state index contributed by atoms with van der Waals surface area (Å²) in [6.07, 6.45) is 5.23. The van der Waals surface area contributed by atoms with E-state index in [9.17, 15) is 0 Å². The van der Waals surface area contributed by atoms with Gasteiger partial charge < -0.3 is 14.8 Å². The standard InChI is InChI=1S/C18H19NO2/c1-3-12-21-18-7-5-4-6-16(18)14-19-13-15-8-10-17(20-2)11-9-15/h1,4-11,19H,12-14H2,2H3. The Bertz CT molecular complexity index is 599. The minimum absolute atomic E-state index is 0.287. The molecule has 0 unspecified atom stereocenters. The SMILES string of the molecule is C#CCOc1ccccc1CNCc1ccc(OC)cc1. The van der Waals surface area contributed by atoms with E-state index in [-0.39, 0.29) is 6.61 Å². The third-order valence-corrected chi connectivity index (χ3v) is 3.09.